The summed E-state index contributed by atoms with van der Waals surface area (Å²) in [6.45, 7) is 1.84. The average molecular weight is 488 g/mol. The van der Waals surface area contributed by atoms with Crippen LogP contribution in [0.2, 0.25) is 0 Å². The van der Waals surface area contributed by atoms with Gasteiger partial charge in [-0.3, -0.25) is 9.35 Å². The summed E-state index contributed by atoms with van der Waals surface area (Å²) in [6, 6.07) is 9.27. The molecule has 3 heterocycles. The number of anilines is 1. The van der Waals surface area contributed by atoms with Crippen molar-refractivity contribution in [3.05, 3.63) is 58.7 Å². The van der Waals surface area contributed by atoms with Crippen LogP contribution in [0.5, 0.6) is 0 Å². The fourth-order valence-corrected chi connectivity index (χ4v) is 4.88. The van der Waals surface area contributed by atoms with E-state index in [1.54, 1.807) is 29.1 Å². The monoisotopic (exact) mass is 487 g/mol. The first kappa shape index (κ1) is 23.9. The van der Waals surface area contributed by atoms with Gasteiger partial charge in [-0.2, -0.15) is 8.42 Å². The molecule has 4 rings (SSSR count). The van der Waals surface area contributed by atoms with Crippen molar-refractivity contribution in [1.29, 1.82) is 0 Å². The number of hydrogen-bond acceptors (Lipinski definition) is 6. The molecule has 10 heteroatoms. The Balaban J connectivity index is 1.61. The highest BCUT2D eigenvalue weighted by Crippen LogP contribution is 2.32. The van der Waals surface area contributed by atoms with Crippen LogP contribution in [0.25, 0.3) is 22.1 Å². The third-order valence-corrected chi connectivity index (χ3v) is 6.76. The summed E-state index contributed by atoms with van der Waals surface area (Å²) in [5.41, 5.74) is 3.19. The number of carboxylic acid groups (broad SMARTS) is 1. The Bertz CT molecular complexity index is 1380. The summed E-state index contributed by atoms with van der Waals surface area (Å²) in [4.78, 5) is 25.8. The predicted octanol–water partition coefficient (Wildman–Crippen LogP) is 2.64. The van der Waals surface area contributed by atoms with Gasteiger partial charge in [0.05, 0.1) is 16.9 Å². The van der Waals surface area contributed by atoms with Crippen LogP contribution in [-0.4, -0.2) is 42.9 Å². The number of aromatic nitrogens is 1. The van der Waals surface area contributed by atoms with Crippen molar-refractivity contribution in [1.82, 2.24) is 0 Å². The molecule has 0 fully saturated rings. The van der Waals surface area contributed by atoms with Crippen LogP contribution >= 0.6 is 0 Å². The van der Waals surface area contributed by atoms with Crippen LogP contribution in [0, 0.1) is 0 Å². The molecule has 34 heavy (non-hydrogen) atoms. The highest BCUT2D eigenvalue weighted by Gasteiger charge is 2.20. The smallest absolute Gasteiger partial charge is 0.344 e. The molecule has 0 saturated heterocycles. The molecule has 2 N–H and O–H groups in total. The third kappa shape index (κ3) is 5.81. The Hall–Kier alpha value is -3.24. The van der Waals surface area contributed by atoms with E-state index in [1.807, 2.05) is 18.2 Å². The van der Waals surface area contributed by atoms with E-state index < -0.39 is 21.7 Å². The number of fused-ring (bicyclic) bond motifs is 2. The van der Waals surface area contributed by atoms with E-state index >= 15 is 0 Å². The molecule has 0 atom stereocenters. The predicted molar refractivity (Wildman–Crippen MR) is 127 cm³/mol. The molecule has 3 aromatic rings. The lowest BCUT2D eigenvalue weighted by Crippen LogP contribution is -2.34. The molecule has 0 radical (unpaired) electrons. The van der Waals surface area contributed by atoms with Crippen molar-refractivity contribution in [3.8, 4) is 11.1 Å². The summed E-state index contributed by atoms with van der Waals surface area (Å²) in [6.07, 6.45) is 6.30. The van der Waals surface area contributed by atoms with Gasteiger partial charge in [-0.15, -0.1) is 0 Å². The lowest BCUT2D eigenvalue weighted by atomic mass is 9.98. The van der Waals surface area contributed by atoms with Crippen molar-refractivity contribution < 1.29 is 31.9 Å². The Morgan fingerprint density at radius 3 is 2.79 bits per heavy atom. The van der Waals surface area contributed by atoms with Gasteiger partial charge in [0.15, 0.2) is 12.4 Å². The van der Waals surface area contributed by atoms with Crippen LogP contribution in [0.3, 0.4) is 0 Å². The maximum absolute atomic E-state index is 12.8. The second-order valence-electron chi connectivity index (χ2n) is 8.52. The summed E-state index contributed by atoms with van der Waals surface area (Å²) >= 11 is 0. The molecule has 0 amide bonds. The van der Waals surface area contributed by atoms with E-state index in [4.69, 9.17) is 14.1 Å². The average Bonchev–Trinajstić information content (AvgIpc) is 2.77. The van der Waals surface area contributed by atoms with Gasteiger partial charge in [0.2, 0.25) is 0 Å². The maximum Gasteiger partial charge on any atom is 0.344 e. The molecular weight excluding hydrogens is 460 g/mol. The van der Waals surface area contributed by atoms with Crippen LogP contribution in [-0.2, 0) is 27.9 Å². The van der Waals surface area contributed by atoms with Crippen molar-refractivity contribution >= 4 is 32.7 Å². The van der Waals surface area contributed by atoms with E-state index in [1.165, 1.54) is 0 Å². The lowest BCUT2D eigenvalue weighted by Gasteiger charge is -2.31. The Labute approximate surface area is 197 Å². The van der Waals surface area contributed by atoms with E-state index in [0.717, 1.165) is 36.0 Å². The molecule has 2 aromatic heterocycles. The normalized spacial score (nSPS) is 13.7. The standard InChI is InChI=1S/C24H26N2O7S/c27-23(28)7-3-11-26-10-2-5-17-13-19-14-20(24(29)33-22(19)15-21(17)26)18-6-1-8-25(16-18)9-4-12-34(30,31)32/h1,6,8,13-16H,2-5,7,9-12H2,(H-,27,28,30,31,32)/p+1. The van der Waals surface area contributed by atoms with Crippen molar-refractivity contribution in [2.24, 2.45) is 0 Å². The lowest BCUT2D eigenvalue weighted by molar-refractivity contribution is -0.696. The quantitative estimate of drug-likeness (QED) is 0.268. The molecule has 0 unspecified atom stereocenters. The largest absolute Gasteiger partial charge is 0.481 e. The second kappa shape index (κ2) is 9.94. The van der Waals surface area contributed by atoms with Gasteiger partial charge in [-0.05, 0) is 43.0 Å². The van der Waals surface area contributed by atoms with Gasteiger partial charge in [0.25, 0.3) is 10.1 Å². The molecule has 9 nitrogen and oxygen atoms in total. The highest BCUT2D eigenvalue weighted by atomic mass is 32.2. The molecule has 1 aliphatic heterocycles. The van der Waals surface area contributed by atoms with Crippen molar-refractivity contribution in [3.63, 3.8) is 0 Å². The molecular formula is C24H27N2O7S+. The number of carbonyl (C=O) groups is 1. The van der Waals surface area contributed by atoms with Gasteiger partial charge in [-0.25, -0.2) is 9.36 Å². The third-order valence-electron chi connectivity index (χ3n) is 5.95. The van der Waals surface area contributed by atoms with Gasteiger partial charge < -0.3 is 14.4 Å². The second-order valence-corrected chi connectivity index (χ2v) is 10.1. The van der Waals surface area contributed by atoms with Crippen LogP contribution in [0.4, 0.5) is 5.69 Å². The van der Waals surface area contributed by atoms with Crippen LogP contribution < -0.4 is 15.1 Å². The number of pyridine rings is 1. The van der Waals surface area contributed by atoms with Crippen molar-refractivity contribution in [2.45, 2.75) is 38.6 Å². The summed E-state index contributed by atoms with van der Waals surface area (Å²) in [5, 5.41) is 9.73. The van der Waals surface area contributed by atoms with Crippen LogP contribution in [0.15, 0.2) is 51.9 Å². The number of carboxylic acids is 1. The topological polar surface area (TPSA) is 129 Å². The molecule has 180 valence electrons. The molecule has 0 saturated carbocycles. The Kier molecular flexibility index (Phi) is 6.99. The summed E-state index contributed by atoms with van der Waals surface area (Å²) in [7, 11) is -4.02. The highest BCUT2D eigenvalue weighted by molar-refractivity contribution is 7.85. The van der Waals surface area contributed by atoms with Gasteiger partial charge in [-0.1, -0.05) is 0 Å². The molecule has 0 bridgehead atoms. The fourth-order valence-electron chi connectivity index (χ4n) is 4.38. The minimum Gasteiger partial charge on any atom is -0.481 e. The van der Waals surface area contributed by atoms with E-state index in [-0.39, 0.29) is 18.6 Å². The van der Waals surface area contributed by atoms with Gasteiger partial charge in [0.1, 0.15) is 12.1 Å². The van der Waals surface area contributed by atoms with Gasteiger partial charge >= 0.3 is 11.6 Å². The first-order valence-corrected chi connectivity index (χ1v) is 12.8. The number of aryl methyl sites for hydroxylation is 2. The van der Waals surface area contributed by atoms with Crippen LogP contribution in [0.1, 0.15) is 31.2 Å². The van der Waals surface area contributed by atoms with Gasteiger partial charge in [0, 0.05) is 49.1 Å². The number of hydrogen-bond donors (Lipinski definition) is 2. The fraction of sp³-hybridized carbons (Fsp3) is 0.375. The first-order chi connectivity index (χ1) is 16.2. The van der Waals surface area contributed by atoms with E-state index in [2.05, 4.69) is 4.90 Å². The molecule has 0 aliphatic carbocycles. The van der Waals surface area contributed by atoms with E-state index in [0.29, 0.717) is 36.2 Å². The zero-order valence-electron chi connectivity index (χ0n) is 18.6. The summed E-state index contributed by atoms with van der Waals surface area (Å²) in [5.74, 6) is -1.14. The molecule has 0 spiro atoms. The zero-order valence-corrected chi connectivity index (χ0v) is 19.5. The minimum atomic E-state index is -4.02. The van der Waals surface area contributed by atoms with Crippen molar-refractivity contribution in [2.75, 3.05) is 23.7 Å². The summed E-state index contributed by atoms with van der Waals surface area (Å²) < 4.78 is 38.2. The SMILES string of the molecule is O=C(O)CCCN1CCCc2cc3cc(-c4ccc[n+](CCCS(=O)(=O)O)c4)c(=O)oc3cc21. The first-order valence-electron chi connectivity index (χ1n) is 11.2. The minimum absolute atomic E-state index is 0.116. The Morgan fingerprint density at radius 1 is 1.21 bits per heavy atom. The van der Waals surface area contributed by atoms with E-state index in [9.17, 15) is 18.0 Å². The zero-order chi connectivity index (χ0) is 24.3. The number of nitrogens with zero attached hydrogens (tertiary/aromatic N) is 2. The molecule has 1 aromatic carbocycles. The Morgan fingerprint density at radius 2 is 2.03 bits per heavy atom. The maximum atomic E-state index is 12.8. The number of aliphatic carboxylic acids is 1. The number of rotatable bonds is 9. The molecule has 1 aliphatic rings. The number of benzene rings is 1.